The molecule has 2 rings (SSSR count). The largest absolute Gasteiger partial charge is 0.489 e. The highest BCUT2D eigenvalue weighted by molar-refractivity contribution is 6.30. The van der Waals surface area contributed by atoms with Crippen molar-refractivity contribution >= 4 is 17.5 Å². The topological polar surface area (TPSA) is 47.6 Å². The van der Waals surface area contributed by atoms with Crippen molar-refractivity contribution in [2.45, 2.75) is 45.9 Å². The van der Waals surface area contributed by atoms with Gasteiger partial charge in [0.1, 0.15) is 18.1 Å². The van der Waals surface area contributed by atoms with Crippen molar-refractivity contribution in [3.05, 3.63) is 59.1 Å². The van der Waals surface area contributed by atoms with Crippen molar-refractivity contribution in [2.75, 3.05) is 0 Å². The Morgan fingerprint density at radius 2 is 1.60 bits per heavy atom. The molecule has 1 atom stereocenters. The van der Waals surface area contributed by atoms with Crippen LogP contribution in [0.15, 0.2) is 48.5 Å². The van der Waals surface area contributed by atoms with Gasteiger partial charge >= 0.3 is 0 Å². The maximum atomic E-state index is 12.0. The van der Waals surface area contributed by atoms with E-state index in [0.717, 1.165) is 11.3 Å². The standard InChI is InChI=1S/C20H24ClNO3/c1-14(19(23)22-20(2,3)4)25-18-9-5-15(6-10-18)13-24-17-11-7-16(21)8-12-17/h5-12,14H,13H2,1-4H3,(H,22,23). The van der Waals surface area contributed by atoms with E-state index < -0.39 is 6.10 Å². The fourth-order valence-corrected chi connectivity index (χ4v) is 2.22. The smallest absolute Gasteiger partial charge is 0.261 e. The molecule has 0 fully saturated rings. The molecule has 25 heavy (non-hydrogen) atoms. The second kappa shape index (κ2) is 8.26. The van der Waals surface area contributed by atoms with Crippen LogP contribution < -0.4 is 14.8 Å². The molecule has 1 unspecified atom stereocenters. The van der Waals surface area contributed by atoms with Crippen LogP contribution in [0.1, 0.15) is 33.3 Å². The minimum Gasteiger partial charge on any atom is -0.489 e. The second-order valence-electron chi connectivity index (χ2n) is 6.89. The van der Waals surface area contributed by atoms with E-state index in [1.54, 1.807) is 19.1 Å². The predicted octanol–water partition coefficient (Wildman–Crippen LogP) is 4.60. The molecular weight excluding hydrogens is 338 g/mol. The van der Waals surface area contributed by atoms with E-state index in [0.29, 0.717) is 17.4 Å². The molecular formula is C20H24ClNO3. The lowest BCUT2D eigenvalue weighted by Gasteiger charge is -2.23. The third-order valence-electron chi connectivity index (χ3n) is 3.32. The van der Waals surface area contributed by atoms with Gasteiger partial charge in [-0.3, -0.25) is 4.79 Å². The van der Waals surface area contributed by atoms with Gasteiger partial charge in [-0.2, -0.15) is 0 Å². The van der Waals surface area contributed by atoms with Crippen LogP contribution in [0.5, 0.6) is 11.5 Å². The van der Waals surface area contributed by atoms with Crippen LogP contribution in [0.4, 0.5) is 0 Å². The molecule has 2 aromatic carbocycles. The van der Waals surface area contributed by atoms with Crippen LogP contribution >= 0.6 is 11.6 Å². The fraction of sp³-hybridized carbons (Fsp3) is 0.350. The Bertz CT molecular complexity index is 690. The molecule has 0 aromatic heterocycles. The van der Waals surface area contributed by atoms with Gasteiger partial charge in [0.15, 0.2) is 6.10 Å². The predicted molar refractivity (Wildman–Crippen MR) is 100 cm³/mol. The maximum Gasteiger partial charge on any atom is 0.261 e. The summed E-state index contributed by atoms with van der Waals surface area (Å²) >= 11 is 5.85. The fourth-order valence-electron chi connectivity index (χ4n) is 2.09. The van der Waals surface area contributed by atoms with Crippen molar-refractivity contribution in [1.29, 1.82) is 0 Å². The third kappa shape index (κ3) is 6.67. The van der Waals surface area contributed by atoms with Crippen molar-refractivity contribution in [3.8, 4) is 11.5 Å². The van der Waals surface area contributed by atoms with Crippen molar-refractivity contribution < 1.29 is 14.3 Å². The Morgan fingerprint density at radius 3 is 2.16 bits per heavy atom. The zero-order chi connectivity index (χ0) is 18.4. The quantitative estimate of drug-likeness (QED) is 0.817. The SMILES string of the molecule is CC(Oc1ccc(COc2ccc(Cl)cc2)cc1)C(=O)NC(C)(C)C. The van der Waals surface area contributed by atoms with E-state index in [2.05, 4.69) is 5.32 Å². The first-order valence-electron chi connectivity index (χ1n) is 8.19. The molecule has 2 aromatic rings. The first kappa shape index (κ1) is 19.1. The molecule has 134 valence electrons. The van der Waals surface area contributed by atoms with Crippen LogP contribution in [0.25, 0.3) is 0 Å². The number of nitrogens with one attached hydrogen (secondary N) is 1. The van der Waals surface area contributed by atoms with E-state index in [-0.39, 0.29) is 11.4 Å². The van der Waals surface area contributed by atoms with Gasteiger partial charge in [0.2, 0.25) is 0 Å². The summed E-state index contributed by atoms with van der Waals surface area (Å²) in [4.78, 5) is 12.0. The normalized spacial score (nSPS) is 12.4. The number of carbonyl (C=O) groups is 1. The minimum atomic E-state index is -0.560. The molecule has 5 heteroatoms. The molecule has 0 saturated heterocycles. The van der Waals surface area contributed by atoms with Crippen molar-refractivity contribution in [1.82, 2.24) is 5.32 Å². The summed E-state index contributed by atoms with van der Waals surface area (Å²) < 4.78 is 11.4. The van der Waals surface area contributed by atoms with E-state index in [1.807, 2.05) is 57.2 Å². The molecule has 1 N–H and O–H groups in total. The first-order valence-corrected chi connectivity index (χ1v) is 8.57. The number of benzene rings is 2. The zero-order valence-corrected chi connectivity index (χ0v) is 15.8. The highest BCUT2D eigenvalue weighted by Crippen LogP contribution is 2.19. The molecule has 4 nitrogen and oxygen atoms in total. The Hall–Kier alpha value is -2.20. The monoisotopic (exact) mass is 361 g/mol. The molecule has 1 amide bonds. The van der Waals surface area contributed by atoms with E-state index in [4.69, 9.17) is 21.1 Å². The average molecular weight is 362 g/mol. The van der Waals surface area contributed by atoms with Crippen LogP contribution in [-0.4, -0.2) is 17.6 Å². The molecule has 0 aliphatic rings. The molecule has 0 bridgehead atoms. The van der Waals surface area contributed by atoms with E-state index >= 15 is 0 Å². The van der Waals surface area contributed by atoms with E-state index in [9.17, 15) is 4.79 Å². The molecule has 0 aliphatic carbocycles. The van der Waals surface area contributed by atoms with Gasteiger partial charge in [-0.15, -0.1) is 0 Å². The highest BCUT2D eigenvalue weighted by Gasteiger charge is 2.20. The highest BCUT2D eigenvalue weighted by atomic mass is 35.5. The van der Waals surface area contributed by atoms with Crippen LogP contribution in [0.3, 0.4) is 0 Å². The zero-order valence-electron chi connectivity index (χ0n) is 15.0. The summed E-state index contributed by atoms with van der Waals surface area (Å²) in [5, 5.41) is 3.58. The van der Waals surface area contributed by atoms with Gasteiger partial charge in [0.05, 0.1) is 0 Å². The minimum absolute atomic E-state index is 0.136. The average Bonchev–Trinajstić information content (AvgIpc) is 2.54. The number of hydrogen-bond acceptors (Lipinski definition) is 3. The summed E-state index contributed by atoms with van der Waals surface area (Å²) in [6.07, 6.45) is -0.560. The van der Waals surface area contributed by atoms with Gasteiger partial charge in [0, 0.05) is 10.6 Å². The summed E-state index contributed by atoms with van der Waals surface area (Å²) in [5.41, 5.74) is 0.728. The molecule has 0 spiro atoms. The lowest BCUT2D eigenvalue weighted by Crippen LogP contribution is -2.46. The molecule has 0 radical (unpaired) electrons. The lowest BCUT2D eigenvalue weighted by atomic mass is 10.1. The first-order chi connectivity index (χ1) is 11.7. The third-order valence-corrected chi connectivity index (χ3v) is 3.57. The van der Waals surface area contributed by atoms with Gasteiger partial charge in [0.25, 0.3) is 5.91 Å². The Balaban J connectivity index is 1.86. The Kier molecular flexibility index (Phi) is 6.32. The van der Waals surface area contributed by atoms with Crippen molar-refractivity contribution in [3.63, 3.8) is 0 Å². The summed E-state index contributed by atoms with van der Waals surface area (Å²) in [6, 6.07) is 14.7. The Morgan fingerprint density at radius 1 is 1.04 bits per heavy atom. The number of rotatable bonds is 6. The summed E-state index contributed by atoms with van der Waals surface area (Å²) in [7, 11) is 0. The van der Waals surface area contributed by atoms with Gasteiger partial charge < -0.3 is 14.8 Å². The van der Waals surface area contributed by atoms with E-state index in [1.165, 1.54) is 0 Å². The summed E-state index contributed by atoms with van der Waals surface area (Å²) in [5.74, 6) is 1.27. The van der Waals surface area contributed by atoms with Gasteiger partial charge in [-0.05, 0) is 69.7 Å². The van der Waals surface area contributed by atoms with Gasteiger partial charge in [-0.25, -0.2) is 0 Å². The van der Waals surface area contributed by atoms with Crippen molar-refractivity contribution in [2.24, 2.45) is 0 Å². The van der Waals surface area contributed by atoms with Crippen LogP contribution in [-0.2, 0) is 11.4 Å². The second-order valence-corrected chi connectivity index (χ2v) is 7.32. The number of ether oxygens (including phenoxy) is 2. The van der Waals surface area contributed by atoms with Crippen LogP contribution in [0.2, 0.25) is 5.02 Å². The number of carbonyl (C=O) groups excluding carboxylic acids is 1. The maximum absolute atomic E-state index is 12.0. The lowest BCUT2D eigenvalue weighted by molar-refractivity contribution is -0.128. The number of hydrogen-bond donors (Lipinski definition) is 1. The summed E-state index contributed by atoms with van der Waals surface area (Å²) in [6.45, 7) is 7.99. The Labute approximate surface area is 154 Å². The molecule has 0 aliphatic heterocycles. The number of halogens is 1. The number of amides is 1. The molecule has 0 saturated carbocycles. The van der Waals surface area contributed by atoms with Crippen LogP contribution in [0, 0.1) is 0 Å². The molecule has 0 heterocycles. The van der Waals surface area contributed by atoms with Gasteiger partial charge in [-0.1, -0.05) is 23.7 Å².